The van der Waals surface area contributed by atoms with Crippen LogP contribution in [0.3, 0.4) is 0 Å². The Bertz CT molecular complexity index is 440. The van der Waals surface area contributed by atoms with Crippen molar-refractivity contribution in [3.05, 3.63) is 29.8 Å². The van der Waals surface area contributed by atoms with Crippen molar-refractivity contribution in [2.45, 2.75) is 38.1 Å². The Morgan fingerprint density at radius 1 is 1.11 bits per heavy atom. The maximum atomic E-state index is 5.65. The highest BCUT2D eigenvalue weighted by Gasteiger charge is 2.34. The molecule has 1 heterocycles. The van der Waals surface area contributed by atoms with Crippen LogP contribution in [0.1, 0.15) is 37.7 Å². The molecule has 0 bridgehead atoms. The van der Waals surface area contributed by atoms with E-state index in [-0.39, 0.29) is 0 Å². The van der Waals surface area contributed by atoms with Crippen LogP contribution in [0.4, 0.5) is 5.69 Å². The second kappa shape index (κ2) is 4.88. The van der Waals surface area contributed by atoms with Gasteiger partial charge in [0.05, 0.1) is 0 Å². The van der Waals surface area contributed by atoms with Crippen molar-refractivity contribution in [2.24, 2.45) is 11.7 Å². The van der Waals surface area contributed by atoms with Gasteiger partial charge in [0.2, 0.25) is 0 Å². The molecule has 1 aliphatic heterocycles. The van der Waals surface area contributed by atoms with Gasteiger partial charge in [-0.15, -0.1) is 0 Å². The van der Waals surface area contributed by atoms with Gasteiger partial charge in [-0.2, -0.15) is 0 Å². The van der Waals surface area contributed by atoms with E-state index in [2.05, 4.69) is 29.2 Å². The average Bonchev–Trinajstić information content (AvgIpc) is 2.87. The number of hydrogen-bond donors (Lipinski definition) is 1. The fourth-order valence-corrected chi connectivity index (χ4v) is 3.73. The molecule has 0 radical (unpaired) electrons. The molecule has 2 aliphatic rings. The molecule has 0 amide bonds. The van der Waals surface area contributed by atoms with Gasteiger partial charge in [-0.05, 0) is 55.9 Å². The minimum Gasteiger partial charge on any atom is -0.389 e. The van der Waals surface area contributed by atoms with E-state index in [1.165, 1.54) is 44.3 Å². The average molecular weight is 260 g/mol. The first-order valence-electron chi connectivity index (χ1n) is 6.92. The van der Waals surface area contributed by atoms with Crippen molar-refractivity contribution in [3.63, 3.8) is 0 Å². The van der Waals surface area contributed by atoms with Gasteiger partial charge in [0.25, 0.3) is 0 Å². The van der Waals surface area contributed by atoms with Gasteiger partial charge in [0, 0.05) is 23.8 Å². The number of benzene rings is 1. The van der Waals surface area contributed by atoms with Crippen LogP contribution in [-0.2, 0) is 0 Å². The minimum absolute atomic E-state index is 0.485. The topological polar surface area (TPSA) is 29.3 Å². The molecule has 1 saturated heterocycles. The Morgan fingerprint density at radius 3 is 2.56 bits per heavy atom. The lowest BCUT2D eigenvalue weighted by atomic mass is 9.91. The number of thiocarbonyl (C=S) groups is 1. The van der Waals surface area contributed by atoms with Crippen LogP contribution in [0.2, 0.25) is 0 Å². The highest BCUT2D eigenvalue weighted by Crippen LogP contribution is 2.39. The van der Waals surface area contributed by atoms with Crippen molar-refractivity contribution < 1.29 is 0 Å². The van der Waals surface area contributed by atoms with Gasteiger partial charge in [-0.1, -0.05) is 18.6 Å². The van der Waals surface area contributed by atoms with Crippen LogP contribution in [0.5, 0.6) is 0 Å². The Kier molecular flexibility index (Phi) is 3.25. The van der Waals surface area contributed by atoms with Crippen LogP contribution in [0.25, 0.3) is 0 Å². The lowest BCUT2D eigenvalue weighted by Crippen LogP contribution is -2.42. The van der Waals surface area contributed by atoms with Crippen molar-refractivity contribution >= 4 is 22.9 Å². The smallest absolute Gasteiger partial charge is 0.103 e. The summed E-state index contributed by atoms with van der Waals surface area (Å²) in [5.41, 5.74) is 7.95. The number of anilines is 1. The third-order valence-corrected chi connectivity index (χ3v) is 4.71. The molecule has 2 N–H and O–H groups in total. The molecule has 0 aromatic heterocycles. The number of fused-ring (bicyclic) bond motifs is 1. The zero-order chi connectivity index (χ0) is 12.5. The molecular formula is C15H20N2S. The van der Waals surface area contributed by atoms with Crippen LogP contribution < -0.4 is 10.6 Å². The number of piperidine rings is 1. The van der Waals surface area contributed by atoms with Crippen LogP contribution in [0, 0.1) is 5.92 Å². The van der Waals surface area contributed by atoms with Crippen molar-refractivity contribution in [1.82, 2.24) is 0 Å². The molecule has 2 nitrogen and oxygen atoms in total. The Morgan fingerprint density at radius 2 is 1.83 bits per heavy atom. The summed E-state index contributed by atoms with van der Waals surface area (Å²) < 4.78 is 0. The largest absolute Gasteiger partial charge is 0.389 e. The second-order valence-electron chi connectivity index (χ2n) is 5.51. The van der Waals surface area contributed by atoms with Crippen LogP contribution in [-0.4, -0.2) is 17.6 Å². The molecule has 3 rings (SSSR count). The summed E-state index contributed by atoms with van der Waals surface area (Å²) in [5, 5.41) is 0. The molecule has 2 fully saturated rings. The first kappa shape index (κ1) is 12.0. The van der Waals surface area contributed by atoms with E-state index >= 15 is 0 Å². The monoisotopic (exact) mass is 260 g/mol. The highest BCUT2D eigenvalue weighted by molar-refractivity contribution is 7.80. The first-order valence-corrected chi connectivity index (χ1v) is 7.33. The summed E-state index contributed by atoms with van der Waals surface area (Å²) in [5.74, 6) is 0.925. The molecule has 96 valence electrons. The van der Waals surface area contributed by atoms with E-state index in [1.54, 1.807) is 0 Å². The minimum atomic E-state index is 0.485. The molecule has 2 unspecified atom stereocenters. The molecule has 1 aliphatic carbocycles. The molecule has 0 spiro atoms. The third-order valence-electron chi connectivity index (χ3n) is 4.48. The summed E-state index contributed by atoms with van der Waals surface area (Å²) in [6.45, 7) is 1.20. The summed E-state index contributed by atoms with van der Waals surface area (Å²) in [7, 11) is 0. The zero-order valence-electron chi connectivity index (χ0n) is 10.6. The van der Waals surface area contributed by atoms with E-state index in [0.717, 1.165) is 17.5 Å². The Balaban J connectivity index is 1.82. The van der Waals surface area contributed by atoms with Crippen molar-refractivity contribution in [2.75, 3.05) is 11.4 Å². The molecule has 1 aromatic rings. The Labute approximate surface area is 114 Å². The summed E-state index contributed by atoms with van der Waals surface area (Å²) in [6, 6.07) is 9.23. The molecule has 1 aromatic carbocycles. The van der Waals surface area contributed by atoms with Gasteiger partial charge >= 0.3 is 0 Å². The maximum absolute atomic E-state index is 5.65. The van der Waals surface area contributed by atoms with Crippen molar-refractivity contribution in [3.8, 4) is 0 Å². The summed E-state index contributed by atoms with van der Waals surface area (Å²) in [4.78, 5) is 3.09. The number of rotatable bonds is 2. The van der Waals surface area contributed by atoms with Crippen molar-refractivity contribution in [1.29, 1.82) is 0 Å². The molecule has 18 heavy (non-hydrogen) atoms. The molecule has 1 saturated carbocycles. The summed E-state index contributed by atoms with van der Waals surface area (Å²) >= 11 is 5.00. The standard InChI is InChI=1S/C15H20N2S/c16-15(18)12-6-8-13(9-7-12)17-10-2-4-11-3-1-5-14(11)17/h6-9,11,14H,1-5,10H2,(H2,16,18). The van der Waals surface area contributed by atoms with E-state index < -0.39 is 0 Å². The van der Waals surface area contributed by atoms with E-state index in [9.17, 15) is 0 Å². The number of hydrogen-bond acceptors (Lipinski definition) is 2. The number of nitrogens with two attached hydrogens (primary N) is 1. The van der Waals surface area contributed by atoms with Gasteiger partial charge in [0.15, 0.2) is 0 Å². The van der Waals surface area contributed by atoms with E-state index in [1.807, 2.05) is 0 Å². The second-order valence-corrected chi connectivity index (χ2v) is 5.94. The lowest BCUT2D eigenvalue weighted by Gasteiger charge is -2.39. The summed E-state index contributed by atoms with van der Waals surface area (Å²) in [6.07, 6.45) is 6.94. The van der Waals surface area contributed by atoms with Gasteiger partial charge in [-0.3, -0.25) is 0 Å². The molecular weight excluding hydrogens is 240 g/mol. The normalized spacial score (nSPS) is 27.0. The number of nitrogens with zero attached hydrogens (tertiary/aromatic N) is 1. The van der Waals surface area contributed by atoms with Crippen LogP contribution in [0.15, 0.2) is 24.3 Å². The first-order chi connectivity index (χ1) is 8.75. The molecule has 2 atom stereocenters. The van der Waals surface area contributed by atoms with E-state index in [4.69, 9.17) is 18.0 Å². The Hall–Kier alpha value is -1.09. The third kappa shape index (κ3) is 2.12. The fraction of sp³-hybridized carbons (Fsp3) is 0.533. The molecule has 3 heteroatoms. The predicted molar refractivity (Wildman–Crippen MR) is 80.0 cm³/mol. The lowest BCUT2D eigenvalue weighted by molar-refractivity contribution is 0.362. The predicted octanol–water partition coefficient (Wildman–Crippen LogP) is 3.09. The van der Waals surface area contributed by atoms with Crippen LogP contribution >= 0.6 is 12.2 Å². The highest BCUT2D eigenvalue weighted by atomic mass is 32.1. The quantitative estimate of drug-likeness (QED) is 0.829. The van der Waals surface area contributed by atoms with Gasteiger partial charge < -0.3 is 10.6 Å². The fourth-order valence-electron chi connectivity index (χ4n) is 3.59. The van der Waals surface area contributed by atoms with Gasteiger partial charge in [0.1, 0.15) is 4.99 Å². The maximum Gasteiger partial charge on any atom is 0.103 e. The zero-order valence-corrected chi connectivity index (χ0v) is 11.5. The SMILES string of the molecule is NC(=S)c1ccc(N2CCCC3CCCC32)cc1. The van der Waals surface area contributed by atoms with E-state index in [0.29, 0.717) is 4.99 Å². The van der Waals surface area contributed by atoms with Gasteiger partial charge in [-0.25, -0.2) is 0 Å².